The van der Waals surface area contributed by atoms with Crippen molar-refractivity contribution < 1.29 is 22.3 Å². The van der Waals surface area contributed by atoms with Crippen LogP contribution in [0, 0.1) is 12.7 Å². The number of carbonyl (C=O) groups excluding carboxylic acids is 1. The van der Waals surface area contributed by atoms with Crippen molar-refractivity contribution in [3.63, 3.8) is 0 Å². The van der Waals surface area contributed by atoms with Crippen molar-refractivity contribution in [2.24, 2.45) is 0 Å². The molecule has 0 unspecified atom stereocenters. The molecule has 0 saturated carbocycles. The molecule has 0 bridgehead atoms. The lowest BCUT2D eigenvalue weighted by Crippen LogP contribution is -2.47. The number of benzene rings is 2. The van der Waals surface area contributed by atoms with Crippen molar-refractivity contribution in [1.82, 2.24) is 0 Å². The van der Waals surface area contributed by atoms with Crippen molar-refractivity contribution in [2.45, 2.75) is 26.3 Å². The quantitative estimate of drug-likeness (QED) is 0.723. The van der Waals surface area contributed by atoms with Crippen LogP contribution in [-0.2, 0) is 14.8 Å². The predicted molar refractivity (Wildman–Crippen MR) is 109 cm³/mol. The second-order valence-corrected chi connectivity index (χ2v) is 8.54. The van der Waals surface area contributed by atoms with Gasteiger partial charge in [-0.1, -0.05) is 24.6 Å². The maximum atomic E-state index is 13.5. The van der Waals surface area contributed by atoms with E-state index in [2.05, 4.69) is 5.32 Å². The number of nitrogens with one attached hydrogen (secondary N) is 1. The summed E-state index contributed by atoms with van der Waals surface area (Å²) in [4.78, 5) is 13.0. The second kappa shape index (κ2) is 8.79. The molecule has 28 heavy (non-hydrogen) atoms. The molecule has 152 valence electrons. The van der Waals surface area contributed by atoms with Gasteiger partial charge in [0, 0.05) is 0 Å². The first kappa shape index (κ1) is 22.0. The van der Waals surface area contributed by atoms with Crippen LogP contribution in [0.15, 0.2) is 36.4 Å². The number of halogens is 2. The molecule has 0 heterocycles. The molecule has 6 nitrogen and oxygen atoms in total. The summed E-state index contributed by atoms with van der Waals surface area (Å²) in [5.74, 6) is -0.775. The van der Waals surface area contributed by atoms with Crippen LogP contribution in [0.25, 0.3) is 0 Å². The van der Waals surface area contributed by atoms with Crippen molar-refractivity contribution in [1.29, 1.82) is 0 Å². The zero-order valence-corrected chi connectivity index (χ0v) is 17.6. The lowest BCUT2D eigenvalue weighted by molar-refractivity contribution is -0.117. The summed E-state index contributed by atoms with van der Waals surface area (Å²) in [6, 6.07) is 7.70. The number of rotatable bonds is 7. The van der Waals surface area contributed by atoms with E-state index in [9.17, 15) is 17.6 Å². The normalized spacial score (nSPS) is 12.4. The van der Waals surface area contributed by atoms with Crippen LogP contribution in [-0.4, -0.2) is 33.7 Å². The highest BCUT2D eigenvalue weighted by molar-refractivity contribution is 7.92. The van der Waals surface area contributed by atoms with Gasteiger partial charge in [-0.05, 0) is 49.2 Å². The molecule has 0 spiro atoms. The molecule has 1 atom stereocenters. The van der Waals surface area contributed by atoms with Crippen molar-refractivity contribution in [3.05, 3.63) is 52.8 Å². The molecule has 1 N–H and O–H groups in total. The first-order valence-corrected chi connectivity index (χ1v) is 10.7. The average molecular weight is 429 g/mol. The molecular weight excluding hydrogens is 407 g/mol. The molecule has 2 aromatic rings. The van der Waals surface area contributed by atoms with Crippen molar-refractivity contribution >= 4 is 38.9 Å². The van der Waals surface area contributed by atoms with E-state index in [0.717, 1.165) is 22.2 Å². The van der Waals surface area contributed by atoms with Crippen LogP contribution in [0.3, 0.4) is 0 Å². The Labute approximate surface area is 169 Å². The number of nitrogens with zero attached hydrogens (tertiary/aromatic N) is 1. The fraction of sp³-hybridized carbons (Fsp3) is 0.316. The van der Waals surface area contributed by atoms with Gasteiger partial charge in [-0.25, -0.2) is 12.8 Å². The molecule has 0 saturated heterocycles. The molecule has 0 aliphatic heterocycles. The third-order valence-corrected chi connectivity index (χ3v) is 5.57. The first-order chi connectivity index (χ1) is 13.1. The molecular formula is C19H22ClFN2O4S. The van der Waals surface area contributed by atoms with Crippen LogP contribution in [0.4, 0.5) is 15.8 Å². The smallest absolute Gasteiger partial charge is 0.248 e. The minimum atomic E-state index is -3.86. The standard InChI is InChI=1S/C19H22ClFN2O4S/c1-5-17(19(24)22-16-10-12(2)6-9-18(16)27-3)23(28(4,25)26)13-7-8-15(21)14(20)11-13/h6-11,17H,5H2,1-4H3,(H,22,24)/t17-/m0/s1. The number of sulfonamides is 1. The first-order valence-electron chi connectivity index (χ1n) is 8.48. The van der Waals surface area contributed by atoms with E-state index < -0.39 is 27.8 Å². The molecule has 1 amide bonds. The van der Waals surface area contributed by atoms with E-state index in [0.29, 0.717) is 11.4 Å². The largest absolute Gasteiger partial charge is 0.495 e. The van der Waals surface area contributed by atoms with E-state index in [-0.39, 0.29) is 17.1 Å². The molecule has 0 aliphatic rings. The van der Waals surface area contributed by atoms with Gasteiger partial charge in [0.05, 0.1) is 29.8 Å². The van der Waals surface area contributed by atoms with Crippen molar-refractivity contribution in [2.75, 3.05) is 23.0 Å². The summed E-state index contributed by atoms with van der Waals surface area (Å²) >= 11 is 5.81. The molecule has 0 aliphatic carbocycles. The number of aryl methyl sites for hydroxylation is 1. The van der Waals surface area contributed by atoms with Gasteiger partial charge in [0.15, 0.2) is 0 Å². The summed E-state index contributed by atoms with van der Waals surface area (Å²) in [5.41, 5.74) is 1.43. The van der Waals surface area contributed by atoms with Gasteiger partial charge in [0.1, 0.15) is 17.6 Å². The Morgan fingerprint density at radius 3 is 2.50 bits per heavy atom. The summed E-state index contributed by atoms with van der Waals surface area (Å²) in [5, 5.41) is 2.49. The number of hydrogen-bond acceptors (Lipinski definition) is 4. The lowest BCUT2D eigenvalue weighted by atomic mass is 10.1. The number of ether oxygens (including phenoxy) is 1. The molecule has 0 radical (unpaired) electrons. The predicted octanol–water partition coefficient (Wildman–Crippen LogP) is 3.98. The van der Waals surface area contributed by atoms with Crippen LogP contribution < -0.4 is 14.4 Å². The van der Waals surface area contributed by atoms with Crippen LogP contribution in [0.1, 0.15) is 18.9 Å². The maximum absolute atomic E-state index is 13.5. The Balaban J connectivity index is 2.45. The van der Waals surface area contributed by atoms with Crippen molar-refractivity contribution in [3.8, 4) is 5.75 Å². The summed E-state index contributed by atoms with van der Waals surface area (Å²) in [6.07, 6.45) is 1.16. The van der Waals surface area contributed by atoms with Gasteiger partial charge in [0.2, 0.25) is 15.9 Å². The molecule has 2 aromatic carbocycles. The number of methoxy groups -OCH3 is 1. The third kappa shape index (κ3) is 4.94. The van der Waals surface area contributed by atoms with Gasteiger partial charge in [-0.15, -0.1) is 0 Å². The topological polar surface area (TPSA) is 75.7 Å². The highest BCUT2D eigenvalue weighted by Crippen LogP contribution is 2.29. The van der Waals surface area contributed by atoms with Crippen LogP contribution >= 0.6 is 11.6 Å². The average Bonchev–Trinajstić information content (AvgIpc) is 2.61. The van der Waals surface area contributed by atoms with Gasteiger partial charge in [-0.2, -0.15) is 0 Å². The summed E-state index contributed by atoms with van der Waals surface area (Å²) in [6.45, 7) is 3.54. The number of amides is 1. The van der Waals surface area contributed by atoms with E-state index >= 15 is 0 Å². The summed E-state index contributed by atoms with van der Waals surface area (Å²) in [7, 11) is -2.39. The zero-order chi connectivity index (χ0) is 21.1. The maximum Gasteiger partial charge on any atom is 0.248 e. The third-order valence-electron chi connectivity index (χ3n) is 4.10. The van der Waals surface area contributed by atoms with E-state index in [1.807, 2.05) is 13.0 Å². The Hall–Kier alpha value is -2.32. The molecule has 2 rings (SSSR count). The number of anilines is 2. The molecule has 0 aromatic heterocycles. The minimum Gasteiger partial charge on any atom is -0.495 e. The van der Waals surface area contributed by atoms with E-state index in [1.54, 1.807) is 19.1 Å². The van der Waals surface area contributed by atoms with Gasteiger partial charge >= 0.3 is 0 Å². The fourth-order valence-corrected chi connectivity index (χ4v) is 4.20. The van der Waals surface area contributed by atoms with Gasteiger partial charge in [0.25, 0.3) is 0 Å². The van der Waals surface area contributed by atoms with Crippen LogP contribution in [0.5, 0.6) is 5.75 Å². The van der Waals surface area contributed by atoms with E-state index in [4.69, 9.17) is 16.3 Å². The second-order valence-electron chi connectivity index (χ2n) is 6.27. The highest BCUT2D eigenvalue weighted by Gasteiger charge is 2.32. The van der Waals surface area contributed by atoms with E-state index in [1.165, 1.54) is 19.2 Å². The molecule has 9 heteroatoms. The lowest BCUT2D eigenvalue weighted by Gasteiger charge is -2.30. The monoisotopic (exact) mass is 428 g/mol. The SMILES string of the molecule is CC[C@@H](C(=O)Nc1cc(C)ccc1OC)N(c1ccc(F)c(Cl)c1)S(C)(=O)=O. The fourth-order valence-electron chi connectivity index (χ4n) is 2.82. The zero-order valence-electron chi connectivity index (χ0n) is 16.0. The Kier molecular flexibility index (Phi) is 6.90. The number of hydrogen-bond donors (Lipinski definition) is 1. The van der Waals surface area contributed by atoms with Gasteiger partial charge in [-0.3, -0.25) is 9.10 Å². The Morgan fingerprint density at radius 2 is 1.96 bits per heavy atom. The van der Waals surface area contributed by atoms with Gasteiger partial charge < -0.3 is 10.1 Å². The minimum absolute atomic E-state index is 0.104. The highest BCUT2D eigenvalue weighted by atomic mass is 35.5. The molecule has 0 fully saturated rings. The Bertz CT molecular complexity index is 982. The Morgan fingerprint density at radius 1 is 1.29 bits per heavy atom. The summed E-state index contributed by atoms with van der Waals surface area (Å²) < 4.78 is 44.6. The number of carbonyl (C=O) groups is 1. The van der Waals surface area contributed by atoms with Crippen LogP contribution in [0.2, 0.25) is 5.02 Å².